The summed E-state index contributed by atoms with van der Waals surface area (Å²) < 4.78 is 40.1. The third-order valence-corrected chi connectivity index (χ3v) is 2.62. The molecule has 1 aromatic heterocycles. The normalized spacial score (nSPS) is 14.1. The van der Waals surface area contributed by atoms with E-state index in [0.717, 1.165) is 11.5 Å². The molecule has 0 fully saturated rings. The standard InChI is InChI=1S/C7H8F3N3S/c1-3(7(8,9)10)5(11)6-4(2)12-13-14-6/h5H,1,11H2,2H3. The number of halogens is 3. The summed E-state index contributed by atoms with van der Waals surface area (Å²) in [7, 11) is 0. The quantitative estimate of drug-likeness (QED) is 0.780. The fourth-order valence-corrected chi connectivity index (χ4v) is 1.54. The molecule has 1 unspecified atom stereocenters. The predicted molar refractivity (Wildman–Crippen MR) is 46.8 cm³/mol. The minimum absolute atomic E-state index is 0.298. The maximum Gasteiger partial charge on any atom is 0.413 e. The van der Waals surface area contributed by atoms with Gasteiger partial charge in [-0.2, -0.15) is 13.2 Å². The number of hydrogen-bond donors (Lipinski definition) is 1. The third kappa shape index (κ3) is 2.10. The summed E-state index contributed by atoms with van der Waals surface area (Å²) in [6, 6.07) is -1.27. The van der Waals surface area contributed by atoms with Crippen LogP contribution in [0.4, 0.5) is 13.2 Å². The highest BCUT2D eigenvalue weighted by Crippen LogP contribution is 2.34. The predicted octanol–water partition coefficient (Wildman–Crippen LogP) is 1.96. The van der Waals surface area contributed by atoms with Crippen molar-refractivity contribution in [2.24, 2.45) is 5.73 Å². The highest BCUT2D eigenvalue weighted by atomic mass is 32.1. The van der Waals surface area contributed by atoms with Gasteiger partial charge < -0.3 is 5.73 Å². The summed E-state index contributed by atoms with van der Waals surface area (Å²) in [5, 5.41) is 3.58. The first kappa shape index (κ1) is 11.1. The first-order chi connectivity index (χ1) is 6.34. The zero-order valence-corrected chi connectivity index (χ0v) is 8.11. The minimum atomic E-state index is -4.48. The molecule has 0 aromatic carbocycles. The molecule has 14 heavy (non-hydrogen) atoms. The Balaban J connectivity index is 2.92. The molecule has 0 radical (unpaired) electrons. The van der Waals surface area contributed by atoms with Crippen LogP contribution in [0.5, 0.6) is 0 Å². The van der Waals surface area contributed by atoms with E-state index in [0.29, 0.717) is 10.6 Å². The Kier molecular flexibility index (Phi) is 2.91. The van der Waals surface area contributed by atoms with Crippen molar-refractivity contribution < 1.29 is 13.2 Å². The molecule has 0 aliphatic rings. The summed E-state index contributed by atoms with van der Waals surface area (Å²) in [4.78, 5) is 0.298. The van der Waals surface area contributed by atoms with E-state index in [-0.39, 0.29) is 0 Å². The van der Waals surface area contributed by atoms with Crippen molar-refractivity contribution >= 4 is 11.5 Å². The van der Waals surface area contributed by atoms with E-state index < -0.39 is 17.8 Å². The molecule has 0 amide bonds. The molecule has 3 nitrogen and oxygen atoms in total. The van der Waals surface area contributed by atoms with Crippen molar-refractivity contribution in [1.29, 1.82) is 0 Å². The number of nitrogens with zero attached hydrogens (tertiary/aromatic N) is 2. The van der Waals surface area contributed by atoms with E-state index in [1.54, 1.807) is 6.92 Å². The molecule has 2 N–H and O–H groups in total. The summed E-state index contributed by atoms with van der Waals surface area (Å²) in [6.45, 7) is 4.48. The lowest BCUT2D eigenvalue weighted by atomic mass is 10.1. The summed E-state index contributed by atoms with van der Waals surface area (Å²) in [5.41, 5.74) is 4.81. The molecule has 0 aliphatic heterocycles. The molecule has 0 spiro atoms. The van der Waals surface area contributed by atoms with Gasteiger partial charge in [-0.05, 0) is 18.5 Å². The van der Waals surface area contributed by atoms with Gasteiger partial charge in [-0.15, -0.1) is 5.10 Å². The van der Waals surface area contributed by atoms with E-state index >= 15 is 0 Å². The van der Waals surface area contributed by atoms with Gasteiger partial charge in [-0.3, -0.25) is 0 Å². The Labute approximate surface area is 82.6 Å². The van der Waals surface area contributed by atoms with E-state index in [9.17, 15) is 13.2 Å². The van der Waals surface area contributed by atoms with Gasteiger partial charge in [-0.1, -0.05) is 11.1 Å². The Bertz CT molecular complexity index is 344. The highest BCUT2D eigenvalue weighted by Gasteiger charge is 2.37. The van der Waals surface area contributed by atoms with E-state index in [4.69, 9.17) is 5.73 Å². The van der Waals surface area contributed by atoms with E-state index in [1.165, 1.54) is 0 Å². The van der Waals surface area contributed by atoms with Crippen LogP contribution in [0.15, 0.2) is 12.2 Å². The molecule has 1 atom stereocenters. The lowest BCUT2D eigenvalue weighted by molar-refractivity contribution is -0.0952. The van der Waals surface area contributed by atoms with Crippen molar-refractivity contribution in [3.8, 4) is 0 Å². The maximum absolute atomic E-state index is 12.2. The molecule has 1 rings (SSSR count). The van der Waals surface area contributed by atoms with E-state index in [1.807, 2.05) is 0 Å². The summed E-state index contributed by atoms with van der Waals surface area (Å²) in [5.74, 6) is 0. The minimum Gasteiger partial charge on any atom is -0.320 e. The Hall–Kier alpha value is -0.950. The number of rotatable bonds is 2. The summed E-state index contributed by atoms with van der Waals surface area (Å²) in [6.07, 6.45) is -4.48. The van der Waals surface area contributed by atoms with Gasteiger partial charge in [0, 0.05) is 5.57 Å². The molecule has 1 aromatic rings. The van der Waals surface area contributed by atoms with Gasteiger partial charge in [0.05, 0.1) is 16.6 Å². The van der Waals surface area contributed by atoms with Crippen LogP contribution in [0.3, 0.4) is 0 Å². The zero-order valence-electron chi connectivity index (χ0n) is 7.30. The molecular weight excluding hydrogens is 215 g/mol. The first-order valence-corrected chi connectivity index (χ1v) is 4.41. The van der Waals surface area contributed by atoms with Gasteiger partial charge in [0.15, 0.2) is 0 Å². The molecule has 1 heterocycles. The number of nitrogens with two attached hydrogens (primary N) is 1. The van der Waals surface area contributed by atoms with Crippen LogP contribution in [0.25, 0.3) is 0 Å². The van der Waals surface area contributed by atoms with Crippen molar-refractivity contribution in [2.75, 3.05) is 0 Å². The van der Waals surface area contributed by atoms with Gasteiger partial charge >= 0.3 is 6.18 Å². The van der Waals surface area contributed by atoms with Crippen LogP contribution < -0.4 is 5.73 Å². The van der Waals surface area contributed by atoms with Crippen molar-refractivity contribution in [1.82, 2.24) is 9.59 Å². The van der Waals surface area contributed by atoms with Crippen molar-refractivity contribution in [3.05, 3.63) is 22.7 Å². The fourth-order valence-electron chi connectivity index (χ4n) is 0.857. The lowest BCUT2D eigenvalue weighted by Gasteiger charge is -2.15. The molecular formula is C7H8F3N3S. The molecule has 78 valence electrons. The highest BCUT2D eigenvalue weighted by molar-refractivity contribution is 7.05. The molecule has 0 saturated heterocycles. The molecule has 0 saturated carbocycles. The molecule has 7 heteroatoms. The third-order valence-electron chi connectivity index (χ3n) is 1.71. The lowest BCUT2D eigenvalue weighted by Crippen LogP contribution is -2.23. The topological polar surface area (TPSA) is 51.8 Å². The van der Waals surface area contributed by atoms with Crippen LogP contribution in [0, 0.1) is 6.92 Å². The second-order valence-electron chi connectivity index (χ2n) is 2.72. The van der Waals surface area contributed by atoms with Crippen LogP contribution in [0.2, 0.25) is 0 Å². The zero-order chi connectivity index (χ0) is 10.9. The summed E-state index contributed by atoms with van der Waals surface area (Å²) >= 11 is 0.855. The van der Waals surface area contributed by atoms with Crippen LogP contribution in [0.1, 0.15) is 16.6 Å². The number of hydrogen-bond acceptors (Lipinski definition) is 4. The fraction of sp³-hybridized carbons (Fsp3) is 0.429. The van der Waals surface area contributed by atoms with Gasteiger partial charge in [-0.25, -0.2) is 0 Å². The monoisotopic (exact) mass is 223 g/mol. The number of aromatic nitrogens is 2. The van der Waals surface area contributed by atoms with Crippen LogP contribution in [-0.4, -0.2) is 15.8 Å². The number of alkyl halides is 3. The van der Waals surface area contributed by atoms with Crippen molar-refractivity contribution in [3.63, 3.8) is 0 Å². The van der Waals surface area contributed by atoms with E-state index in [2.05, 4.69) is 16.2 Å². The maximum atomic E-state index is 12.2. The molecule has 0 aliphatic carbocycles. The molecule has 0 bridgehead atoms. The van der Waals surface area contributed by atoms with Crippen molar-refractivity contribution in [2.45, 2.75) is 19.1 Å². The largest absolute Gasteiger partial charge is 0.413 e. The second-order valence-corrected chi connectivity index (χ2v) is 3.51. The number of aryl methyl sites for hydroxylation is 1. The average molecular weight is 223 g/mol. The first-order valence-electron chi connectivity index (χ1n) is 3.64. The second kappa shape index (κ2) is 3.66. The van der Waals surface area contributed by atoms with Gasteiger partial charge in [0.25, 0.3) is 0 Å². The van der Waals surface area contributed by atoms with Crippen LogP contribution in [-0.2, 0) is 0 Å². The van der Waals surface area contributed by atoms with Crippen LogP contribution >= 0.6 is 11.5 Å². The Morgan fingerprint density at radius 3 is 2.50 bits per heavy atom. The Morgan fingerprint density at radius 1 is 1.57 bits per heavy atom. The average Bonchev–Trinajstić information content (AvgIpc) is 2.47. The Morgan fingerprint density at radius 2 is 2.14 bits per heavy atom. The van der Waals surface area contributed by atoms with Gasteiger partial charge in [0.2, 0.25) is 0 Å². The smallest absolute Gasteiger partial charge is 0.320 e. The van der Waals surface area contributed by atoms with Gasteiger partial charge in [0.1, 0.15) is 0 Å². The SMILES string of the molecule is C=C(C(N)c1snnc1C)C(F)(F)F.